The van der Waals surface area contributed by atoms with Gasteiger partial charge in [0.25, 0.3) is 5.56 Å². The number of amides is 1. The first-order chi connectivity index (χ1) is 11.5. The number of nitrogens with zero attached hydrogens (tertiary/aromatic N) is 2. The Balaban J connectivity index is 1.96. The molecule has 0 bridgehead atoms. The molecule has 0 saturated heterocycles. The van der Waals surface area contributed by atoms with E-state index in [2.05, 4.69) is 21.2 Å². The van der Waals surface area contributed by atoms with Crippen LogP contribution in [-0.2, 0) is 17.9 Å². The van der Waals surface area contributed by atoms with E-state index in [0.29, 0.717) is 15.9 Å². The number of hydrogen-bond donors (Lipinski definition) is 1. The summed E-state index contributed by atoms with van der Waals surface area (Å²) in [6.45, 7) is 1.84. The van der Waals surface area contributed by atoms with Crippen LogP contribution in [0.3, 0.4) is 0 Å². The lowest BCUT2D eigenvalue weighted by Crippen LogP contribution is -2.40. The van der Waals surface area contributed by atoms with Crippen LogP contribution in [-0.4, -0.2) is 15.0 Å². The number of thiophene rings is 1. The van der Waals surface area contributed by atoms with Gasteiger partial charge in [0.2, 0.25) is 5.91 Å². The van der Waals surface area contributed by atoms with Crippen molar-refractivity contribution < 1.29 is 4.79 Å². The van der Waals surface area contributed by atoms with E-state index < -0.39 is 5.69 Å². The van der Waals surface area contributed by atoms with Gasteiger partial charge in [0.05, 0.1) is 5.52 Å². The van der Waals surface area contributed by atoms with Crippen LogP contribution in [0.15, 0.2) is 49.8 Å². The summed E-state index contributed by atoms with van der Waals surface area (Å²) in [5.74, 6) is -0.326. The van der Waals surface area contributed by atoms with Gasteiger partial charge < -0.3 is 5.32 Å². The zero-order valence-corrected chi connectivity index (χ0v) is 15.2. The fourth-order valence-corrected chi connectivity index (χ4v) is 3.55. The predicted octanol–water partition coefficient (Wildman–Crippen LogP) is 2.65. The zero-order chi connectivity index (χ0) is 17.3. The predicted molar refractivity (Wildman–Crippen MR) is 98.8 cm³/mol. The second kappa shape index (κ2) is 6.74. The molecule has 3 aromatic rings. The van der Waals surface area contributed by atoms with E-state index in [4.69, 9.17) is 0 Å². The quantitative estimate of drug-likeness (QED) is 0.722. The Morgan fingerprint density at radius 2 is 1.88 bits per heavy atom. The Morgan fingerprint density at radius 1 is 1.17 bits per heavy atom. The fourth-order valence-electron chi connectivity index (χ4n) is 2.44. The lowest BCUT2D eigenvalue weighted by atomic mass is 10.3. The standard InChI is InChI=1S/C16H14BrN3O3S/c1-2-19-15(22)14-12(7-8-24-14)20(16(19)23)9-13(21)18-11-5-3-10(17)4-6-11/h3-8H,2,9H2,1H3,(H,18,21). The van der Waals surface area contributed by atoms with E-state index in [1.54, 1.807) is 30.5 Å². The van der Waals surface area contributed by atoms with E-state index in [9.17, 15) is 14.4 Å². The third-order valence-corrected chi connectivity index (χ3v) is 5.00. The Labute approximate surface area is 149 Å². The molecule has 1 N–H and O–H groups in total. The third-order valence-electron chi connectivity index (χ3n) is 3.58. The summed E-state index contributed by atoms with van der Waals surface area (Å²) in [6, 6.07) is 8.85. The molecule has 24 heavy (non-hydrogen) atoms. The van der Waals surface area contributed by atoms with Crippen molar-refractivity contribution in [3.8, 4) is 0 Å². The first kappa shape index (κ1) is 16.7. The largest absolute Gasteiger partial charge is 0.331 e. The molecular formula is C16H14BrN3O3S. The summed E-state index contributed by atoms with van der Waals surface area (Å²) in [5, 5.41) is 4.50. The molecule has 2 aromatic heterocycles. The summed E-state index contributed by atoms with van der Waals surface area (Å²) in [4.78, 5) is 37.1. The van der Waals surface area contributed by atoms with Crippen LogP contribution in [0.5, 0.6) is 0 Å². The molecule has 0 unspecified atom stereocenters. The van der Waals surface area contributed by atoms with Crippen LogP contribution in [0.1, 0.15) is 6.92 Å². The van der Waals surface area contributed by atoms with Crippen LogP contribution < -0.4 is 16.6 Å². The van der Waals surface area contributed by atoms with Gasteiger partial charge in [0, 0.05) is 16.7 Å². The highest BCUT2D eigenvalue weighted by molar-refractivity contribution is 9.10. The number of benzene rings is 1. The van der Waals surface area contributed by atoms with Crippen molar-refractivity contribution in [2.24, 2.45) is 0 Å². The molecule has 6 nitrogen and oxygen atoms in total. The second-order valence-corrected chi connectivity index (χ2v) is 6.94. The lowest BCUT2D eigenvalue weighted by Gasteiger charge is -2.11. The second-order valence-electron chi connectivity index (χ2n) is 5.11. The number of hydrogen-bond acceptors (Lipinski definition) is 4. The normalized spacial score (nSPS) is 10.9. The minimum atomic E-state index is -0.473. The molecule has 124 valence electrons. The van der Waals surface area contributed by atoms with Gasteiger partial charge in [-0.2, -0.15) is 0 Å². The first-order valence-electron chi connectivity index (χ1n) is 7.27. The van der Waals surface area contributed by atoms with Crippen molar-refractivity contribution in [3.05, 3.63) is 61.0 Å². The Morgan fingerprint density at radius 3 is 2.54 bits per heavy atom. The number of nitrogens with one attached hydrogen (secondary N) is 1. The average Bonchev–Trinajstić information content (AvgIpc) is 3.04. The number of carbonyl (C=O) groups excluding carboxylic acids is 1. The highest BCUT2D eigenvalue weighted by Gasteiger charge is 2.15. The minimum Gasteiger partial charge on any atom is -0.325 e. The smallest absolute Gasteiger partial charge is 0.325 e. The number of halogens is 1. The topological polar surface area (TPSA) is 73.1 Å². The maximum Gasteiger partial charge on any atom is 0.331 e. The number of fused-ring (bicyclic) bond motifs is 1. The molecule has 0 aliphatic heterocycles. The Kier molecular flexibility index (Phi) is 4.68. The maximum absolute atomic E-state index is 12.5. The van der Waals surface area contributed by atoms with Gasteiger partial charge in [-0.3, -0.25) is 18.7 Å². The molecule has 3 rings (SSSR count). The van der Waals surface area contributed by atoms with Crippen LogP contribution in [0.25, 0.3) is 10.2 Å². The summed E-state index contributed by atoms with van der Waals surface area (Å²) < 4.78 is 3.87. The van der Waals surface area contributed by atoms with Crippen molar-refractivity contribution in [2.75, 3.05) is 5.32 Å². The maximum atomic E-state index is 12.5. The molecule has 0 spiro atoms. The van der Waals surface area contributed by atoms with Crippen molar-refractivity contribution in [1.82, 2.24) is 9.13 Å². The summed E-state index contributed by atoms with van der Waals surface area (Å²) in [6.07, 6.45) is 0. The lowest BCUT2D eigenvalue weighted by molar-refractivity contribution is -0.116. The number of aromatic nitrogens is 2. The SMILES string of the molecule is CCn1c(=O)c2sccc2n(CC(=O)Nc2ccc(Br)cc2)c1=O. The molecule has 1 aromatic carbocycles. The molecule has 0 atom stereocenters. The highest BCUT2D eigenvalue weighted by atomic mass is 79.9. The minimum absolute atomic E-state index is 0.150. The number of anilines is 1. The first-order valence-corrected chi connectivity index (χ1v) is 8.94. The van der Waals surface area contributed by atoms with E-state index in [1.165, 1.54) is 15.9 Å². The van der Waals surface area contributed by atoms with E-state index in [-0.39, 0.29) is 24.6 Å². The summed E-state index contributed by atoms with van der Waals surface area (Å²) in [7, 11) is 0. The van der Waals surface area contributed by atoms with E-state index >= 15 is 0 Å². The van der Waals surface area contributed by atoms with Gasteiger partial charge in [0.1, 0.15) is 11.2 Å². The van der Waals surface area contributed by atoms with Crippen LogP contribution in [0, 0.1) is 0 Å². The number of carbonyl (C=O) groups is 1. The van der Waals surface area contributed by atoms with Gasteiger partial charge >= 0.3 is 5.69 Å². The number of rotatable bonds is 4. The molecule has 8 heteroatoms. The Bertz CT molecular complexity index is 1020. The van der Waals surface area contributed by atoms with Gasteiger partial charge in [0.15, 0.2) is 0 Å². The van der Waals surface area contributed by atoms with Crippen molar-refractivity contribution in [3.63, 3.8) is 0 Å². The van der Waals surface area contributed by atoms with Crippen LogP contribution in [0.4, 0.5) is 5.69 Å². The molecule has 0 fully saturated rings. The van der Waals surface area contributed by atoms with Gasteiger partial charge in [-0.1, -0.05) is 15.9 Å². The Hall–Kier alpha value is -2.19. The monoisotopic (exact) mass is 407 g/mol. The third kappa shape index (κ3) is 3.07. The van der Waals surface area contributed by atoms with Crippen molar-refractivity contribution >= 4 is 49.1 Å². The molecule has 0 aliphatic rings. The van der Waals surface area contributed by atoms with E-state index in [1.807, 2.05) is 12.1 Å². The zero-order valence-electron chi connectivity index (χ0n) is 12.8. The van der Waals surface area contributed by atoms with Crippen molar-refractivity contribution in [2.45, 2.75) is 20.0 Å². The molecule has 0 saturated carbocycles. The summed E-state index contributed by atoms with van der Waals surface area (Å²) >= 11 is 4.60. The summed E-state index contributed by atoms with van der Waals surface area (Å²) in [5.41, 5.74) is 0.351. The van der Waals surface area contributed by atoms with Gasteiger partial charge in [-0.05, 0) is 42.6 Å². The molecule has 2 heterocycles. The van der Waals surface area contributed by atoms with E-state index in [0.717, 1.165) is 9.04 Å². The van der Waals surface area contributed by atoms with Crippen LogP contribution >= 0.6 is 27.3 Å². The molecule has 0 aliphatic carbocycles. The van der Waals surface area contributed by atoms with Gasteiger partial charge in [-0.15, -0.1) is 11.3 Å². The van der Waals surface area contributed by atoms with Crippen molar-refractivity contribution in [1.29, 1.82) is 0 Å². The fraction of sp³-hybridized carbons (Fsp3) is 0.188. The highest BCUT2D eigenvalue weighted by Crippen LogP contribution is 2.16. The molecule has 0 radical (unpaired) electrons. The van der Waals surface area contributed by atoms with Gasteiger partial charge in [-0.25, -0.2) is 4.79 Å². The van der Waals surface area contributed by atoms with Crippen LogP contribution in [0.2, 0.25) is 0 Å². The molecule has 1 amide bonds. The molecular weight excluding hydrogens is 394 g/mol. The average molecular weight is 408 g/mol.